The van der Waals surface area contributed by atoms with Crippen LogP contribution in [0.2, 0.25) is 0 Å². The first-order valence-corrected chi connectivity index (χ1v) is 21.6. The van der Waals surface area contributed by atoms with Crippen LogP contribution in [0, 0.1) is 0 Å². The Morgan fingerprint density at radius 1 is 0.300 bits per heavy atom. The number of hydrogen-bond acceptors (Lipinski definition) is 0. The summed E-state index contributed by atoms with van der Waals surface area (Å²) >= 11 is 0. The van der Waals surface area contributed by atoms with Gasteiger partial charge in [0.1, 0.15) is 0 Å². The fraction of sp³-hybridized carbons (Fsp3) is 0.167. The van der Waals surface area contributed by atoms with Crippen LogP contribution in [0.15, 0.2) is 176 Å². The van der Waals surface area contributed by atoms with Crippen molar-refractivity contribution in [2.24, 2.45) is 0 Å². The van der Waals surface area contributed by atoms with Crippen molar-refractivity contribution < 1.29 is 0 Å². The van der Waals surface area contributed by atoms with E-state index in [2.05, 4.69) is 224 Å². The maximum Gasteiger partial charge on any atom is 0.0159 e. The molecule has 0 radical (unpaired) electrons. The molecule has 0 bridgehead atoms. The summed E-state index contributed by atoms with van der Waals surface area (Å²) in [7, 11) is 0. The summed E-state index contributed by atoms with van der Waals surface area (Å²) in [5.74, 6) is 0. The van der Waals surface area contributed by atoms with E-state index in [0.717, 1.165) is 0 Å². The van der Waals surface area contributed by atoms with Gasteiger partial charge >= 0.3 is 0 Å². The first-order chi connectivity index (χ1) is 28.9. The molecule has 0 spiro atoms. The Labute approximate surface area is 355 Å². The molecule has 290 valence electrons. The topological polar surface area (TPSA) is 0 Å². The molecule has 0 heterocycles. The van der Waals surface area contributed by atoms with Gasteiger partial charge in [-0.25, -0.2) is 0 Å². The molecule has 0 amide bonds. The summed E-state index contributed by atoms with van der Waals surface area (Å²) in [6.45, 7) is 16.5. The first kappa shape index (κ1) is 36.6. The van der Waals surface area contributed by atoms with E-state index in [-0.39, 0.29) is 16.2 Å². The second-order valence-corrected chi connectivity index (χ2v) is 19.3. The van der Waals surface area contributed by atoms with E-state index < -0.39 is 0 Å². The van der Waals surface area contributed by atoms with E-state index in [1.807, 2.05) is 0 Å². The highest BCUT2D eigenvalue weighted by Gasteiger charge is 2.37. The standard InChI is InChI=1S/C60H50/c1-58(2,3)43-28-32-50-51(36-43)57(49-19-12-11-18-48(49)56(50)38-15-9-8-10-16-38)39-23-21-37(22-24-39)40-25-29-46-47-31-27-42(35-55(47)60(6,7)54(46)33-40)41-26-30-45-44-17-13-14-20-52(44)59(4,5)53(45)34-41/h8-36H,1-7H3. The summed E-state index contributed by atoms with van der Waals surface area (Å²) in [5.41, 5.74) is 22.4. The number of rotatable bonds is 4. The van der Waals surface area contributed by atoms with Crippen LogP contribution in [0.5, 0.6) is 0 Å². The van der Waals surface area contributed by atoms with Gasteiger partial charge in [0.15, 0.2) is 0 Å². The molecule has 11 rings (SSSR count). The Bertz CT molecular complexity index is 3200. The second kappa shape index (κ2) is 13.0. The molecule has 0 aliphatic heterocycles. The van der Waals surface area contributed by atoms with Gasteiger partial charge in [-0.05, 0) is 146 Å². The largest absolute Gasteiger partial charge is 0.0622 e. The van der Waals surface area contributed by atoms with Gasteiger partial charge in [-0.2, -0.15) is 0 Å². The average Bonchev–Trinajstić information content (AvgIpc) is 3.63. The van der Waals surface area contributed by atoms with Crippen LogP contribution in [0.3, 0.4) is 0 Å². The van der Waals surface area contributed by atoms with Gasteiger partial charge in [-0.1, -0.05) is 200 Å². The first-order valence-electron chi connectivity index (χ1n) is 21.6. The van der Waals surface area contributed by atoms with Gasteiger partial charge in [0.05, 0.1) is 0 Å². The molecule has 2 aliphatic carbocycles. The molecular weight excluding hydrogens is 721 g/mol. The van der Waals surface area contributed by atoms with Gasteiger partial charge in [0.25, 0.3) is 0 Å². The highest BCUT2D eigenvalue weighted by molar-refractivity contribution is 6.21. The van der Waals surface area contributed by atoms with Gasteiger partial charge < -0.3 is 0 Å². The van der Waals surface area contributed by atoms with Crippen LogP contribution in [0.1, 0.15) is 76.3 Å². The van der Waals surface area contributed by atoms with Crippen LogP contribution in [0.4, 0.5) is 0 Å². The molecule has 0 N–H and O–H groups in total. The number of hydrogen-bond donors (Lipinski definition) is 0. The van der Waals surface area contributed by atoms with Crippen molar-refractivity contribution in [2.45, 2.75) is 64.7 Å². The minimum Gasteiger partial charge on any atom is -0.0622 e. The van der Waals surface area contributed by atoms with Gasteiger partial charge in [-0.15, -0.1) is 0 Å². The smallest absolute Gasteiger partial charge is 0.0159 e. The molecule has 9 aromatic rings. The molecule has 0 saturated carbocycles. The Kier molecular flexibility index (Phi) is 7.92. The lowest BCUT2D eigenvalue weighted by Crippen LogP contribution is -2.15. The number of benzene rings is 9. The molecule has 60 heavy (non-hydrogen) atoms. The Hall–Kier alpha value is -6.50. The molecular formula is C60H50. The van der Waals surface area contributed by atoms with Crippen molar-refractivity contribution in [2.75, 3.05) is 0 Å². The zero-order valence-corrected chi connectivity index (χ0v) is 35.7. The minimum atomic E-state index is -0.133. The van der Waals surface area contributed by atoms with Crippen LogP contribution in [-0.4, -0.2) is 0 Å². The lowest BCUT2D eigenvalue weighted by molar-refractivity contribution is 0.591. The third kappa shape index (κ3) is 5.43. The van der Waals surface area contributed by atoms with E-state index in [1.165, 1.54) is 116 Å². The predicted octanol–water partition coefficient (Wildman–Crippen LogP) is 16.6. The molecule has 0 fully saturated rings. The van der Waals surface area contributed by atoms with Gasteiger partial charge in [0.2, 0.25) is 0 Å². The molecule has 0 atom stereocenters. The maximum absolute atomic E-state index is 2.46. The van der Waals surface area contributed by atoms with E-state index in [1.54, 1.807) is 0 Å². The summed E-state index contributed by atoms with van der Waals surface area (Å²) in [6, 6.07) is 66.7. The fourth-order valence-electron chi connectivity index (χ4n) is 10.7. The molecule has 0 aromatic heterocycles. The normalized spacial score (nSPS) is 14.5. The van der Waals surface area contributed by atoms with E-state index in [0.29, 0.717) is 0 Å². The Balaban J connectivity index is 0.972. The predicted molar refractivity (Wildman–Crippen MR) is 257 cm³/mol. The average molecular weight is 771 g/mol. The lowest BCUT2D eigenvalue weighted by atomic mass is 9.80. The lowest BCUT2D eigenvalue weighted by Gasteiger charge is -2.24. The highest BCUT2D eigenvalue weighted by atomic mass is 14.4. The van der Waals surface area contributed by atoms with E-state index in [9.17, 15) is 0 Å². The molecule has 0 heteroatoms. The van der Waals surface area contributed by atoms with Crippen LogP contribution in [-0.2, 0) is 16.2 Å². The minimum absolute atomic E-state index is 0.0207. The van der Waals surface area contributed by atoms with Crippen molar-refractivity contribution >= 4 is 21.5 Å². The van der Waals surface area contributed by atoms with Crippen molar-refractivity contribution in [1.29, 1.82) is 0 Å². The van der Waals surface area contributed by atoms with Crippen molar-refractivity contribution in [1.82, 2.24) is 0 Å². The summed E-state index contributed by atoms with van der Waals surface area (Å²) in [5, 5.41) is 5.17. The SMILES string of the molecule is CC(C)(C)c1ccc2c(-c3ccccc3)c3ccccc3c(-c3ccc(-c4ccc5c(c4)C(C)(C)c4cc(-c6ccc7c(c6)C(C)(C)c6ccccc6-7)ccc4-5)cc3)c2c1. The molecule has 0 nitrogen and oxygen atoms in total. The Morgan fingerprint density at radius 2 is 0.700 bits per heavy atom. The molecule has 0 saturated heterocycles. The fourth-order valence-corrected chi connectivity index (χ4v) is 10.7. The summed E-state index contributed by atoms with van der Waals surface area (Å²) in [4.78, 5) is 0. The van der Waals surface area contributed by atoms with Gasteiger partial charge in [0, 0.05) is 10.8 Å². The van der Waals surface area contributed by atoms with Crippen molar-refractivity contribution in [3.63, 3.8) is 0 Å². The zero-order valence-electron chi connectivity index (χ0n) is 35.7. The van der Waals surface area contributed by atoms with Crippen LogP contribution in [0.25, 0.3) is 88.3 Å². The Morgan fingerprint density at radius 3 is 1.27 bits per heavy atom. The van der Waals surface area contributed by atoms with Gasteiger partial charge in [-0.3, -0.25) is 0 Å². The second-order valence-electron chi connectivity index (χ2n) is 19.3. The monoisotopic (exact) mass is 770 g/mol. The van der Waals surface area contributed by atoms with E-state index >= 15 is 0 Å². The maximum atomic E-state index is 2.46. The third-order valence-corrected chi connectivity index (χ3v) is 14.1. The van der Waals surface area contributed by atoms with E-state index in [4.69, 9.17) is 0 Å². The van der Waals surface area contributed by atoms with Crippen molar-refractivity contribution in [3.05, 3.63) is 204 Å². The third-order valence-electron chi connectivity index (χ3n) is 14.1. The van der Waals surface area contributed by atoms with Crippen molar-refractivity contribution in [3.8, 4) is 66.8 Å². The molecule has 2 aliphatic rings. The molecule has 0 unspecified atom stereocenters. The van der Waals surface area contributed by atoms with Crippen LogP contribution < -0.4 is 0 Å². The molecule has 9 aromatic carbocycles. The zero-order chi connectivity index (χ0) is 41.1. The quantitative estimate of drug-likeness (QED) is 0.156. The summed E-state index contributed by atoms with van der Waals surface area (Å²) in [6.07, 6.45) is 0. The number of fused-ring (bicyclic) bond motifs is 8. The summed E-state index contributed by atoms with van der Waals surface area (Å²) < 4.78 is 0. The van der Waals surface area contributed by atoms with Crippen LogP contribution >= 0.6 is 0 Å². The highest BCUT2D eigenvalue weighted by Crippen LogP contribution is 2.53.